The average molecular weight is 423 g/mol. The molecule has 1 aliphatic heterocycles. The minimum absolute atomic E-state index is 0.0298. The second kappa shape index (κ2) is 9.75. The number of pyridine rings is 1. The number of anilines is 1. The van der Waals surface area contributed by atoms with Crippen molar-refractivity contribution >= 4 is 23.5 Å². The van der Waals surface area contributed by atoms with Crippen LogP contribution in [0.3, 0.4) is 0 Å². The number of hydrogen-bond acceptors (Lipinski definition) is 6. The number of rotatable bonds is 8. The first-order valence-electron chi connectivity index (χ1n) is 10.3. The first-order chi connectivity index (χ1) is 14.7. The van der Waals surface area contributed by atoms with Gasteiger partial charge in [-0.3, -0.25) is 9.36 Å². The van der Waals surface area contributed by atoms with Gasteiger partial charge >= 0.3 is 0 Å². The molecule has 3 heterocycles. The van der Waals surface area contributed by atoms with Gasteiger partial charge in [0.1, 0.15) is 12.1 Å². The zero-order chi connectivity index (χ0) is 20.8. The molecule has 156 valence electrons. The van der Waals surface area contributed by atoms with Crippen LogP contribution >= 0.6 is 11.8 Å². The van der Waals surface area contributed by atoms with Crippen LogP contribution in [0.4, 0.5) is 5.82 Å². The average Bonchev–Trinajstić information content (AvgIpc) is 3.48. The summed E-state index contributed by atoms with van der Waals surface area (Å²) in [6.07, 6.45) is 6.87. The van der Waals surface area contributed by atoms with Gasteiger partial charge in [0.15, 0.2) is 5.16 Å². The number of hydrogen-bond donors (Lipinski definition) is 1. The number of para-hydroxylation sites is 1. The third-order valence-electron chi connectivity index (χ3n) is 5.21. The normalized spacial score (nSPS) is 13.6. The molecule has 1 aromatic carbocycles. The Balaban J connectivity index is 1.33. The van der Waals surface area contributed by atoms with E-state index in [4.69, 9.17) is 0 Å². The third-order valence-corrected chi connectivity index (χ3v) is 6.15. The number of carbonyl (C=O) groups excluding carboxylic acids is 1. The predicted molar refractivity (Wildman–Crippen MR) is 119 cm³/mol. The van der Waals surface area contributed by atoms with E-state index in [1.54, 1.807) is 6.33 Å². The number of benzene rings is 1. The first kappa shape index (κ1) is 20.4. The Morgan fingerprint density at radius 1 is 1.20 bits per heavy atom. The largest absolute Gasteiger partial charge is 0.357 e. The van der Waals surface area contributed by atoms with E-state index in [1.165, 1.54) is 30.2 Å². The van der Waals surface area contributed by atoms with Crippen molar-refractivity contribution in [1.82, 2.24) is 25.1 Å². The molecule has 0 atom stereocenters. The van der Waals surface area contributed by atoms with E-state index in [1.807, 2.05) is 35.0 Å². The molecule has 7 nitrogen and oxygen atoms in total. The Bertz CT molecular complexity index is 999. The molecule has 2 aromatic heterocycles. The maximum absolute atomic E-state index is 12.4. The van der Waals surface area contributed by atoms with E-state index < -0.39 is 0 Å². The number of aryl methyl sites for hydroxylation is 1. The van der Waals surface area contributed by atoms with Crippen LogP contribution in [0.2, 0.25) is 0 Å². The molecule has 0 unspecified atom stereocenters. The van der Waals surface area contributed by atoms with E-state index in [0.717, 1.165) is 36.6 Å². The molecule has 1 fully saturated rings. The van der Waals surface area contributed by atoms with Gasteiger partial charge in [0.25, 0.3) is 0 Å². The van der Waals surface area contributed by atoms with Gasteiger partial charge in [0.05, 0.1) is 11.4 Å². The minimum Gasteiger partial charge on any atom is -0.357 e. The molecule has 30 heavy (non-hydrogen) atoms. The van der Waals surface area contributed by atoms with Gasteiger partial charge in [0, 0.05) is 25.8 Å². The SMILES string of the molecule is CCc1ccccc1-n1cnnc1SCC(=O)NCc1ccnc(N2CCCC2)c1. The van der Waals surface area contributed by atoms with Gasteiger partial charge in [-0.1, -0.05) is 36.9 Å². The summed E-state index contributed by atoms with van der Waals surface area (Å²) in [5.74, 6) is 1.26. The Kier molecular flexibility index (Phi) is 6.63. The molecule has 1 saturated heterocycles. The van der Waals surface area contributed by atoms with E-state index in [9.17, 15) is 4.79 Å². The molecule has 1 aliphatic rings. The highest BCUT2D eigenvalue weighted by Gasteiger charge is 2.14. The summed E-state index contributed by atoms with van der Waals surface area (Å²) < 4.78 is 1.95. The van der Waals surface area contributed by atoms with Crippen LogP contribution in [-0.4, -0.2) is 44.5 Å². The van der Waals surface area contributed by atoms with E-state index >= 15 is 0 Å². The molecule has 0 aliphatic carbocycles. The molecule has 0 spiro atoms. The fourth-order valence-corrected chi connectivity index (χ4v) is 4.36. The van der Waals surface area contributed by atoms with Crippen LogP contribution in [0.1, 0.15) is 30.9 Å². The lowest BCUT2D eigenvalue weighted by molar-refractivity contribution is -0.118. The van der Waals surface area contributed by atoms with Crippen molar-refractivity contribution in [2.45, 2.75) is 37.9 Å². The van der Waals surface area contributed by atoms with Gasteiger partial charge in [-0.25, -0.2) is 4.98 Å². The summed E-state index contributed by atoms with van der Waals surface area (Å²) in [5, 5.41) is 11.9. The highest BCUT2D eigenvalue weighted by atomic mass is 32.2. The maximum Gasteiger partial charge on any atom is 0.230 e. The summed E-state index contributed by atoms with van der Waals surface area (Å²) in [5.41, 5.74) is 3.33. The van der Waals surface area contributed by atoms with Crippen LogP contribution in [0.25, 0.3) is 5.69 Å². The number of nitrogens with one attached hydrogen (secondary N) is 1. The summed E-state index contributed by atoms with van der Waals surface area (Å²) in [7, 11) is 0. The summed E-state index contributed by atoms with van der Waals surface area (Å²) in [6, 6.07) is 12.2. The van der Waals surface area contributed by atoms with E-state index in [-0.39, 0.29) is 11.7 Å². The fourth-order valence-electron chi connectivity index (χ4n) is 3.60. The van der Waals surface area contributed by atoms with Crippen LogP contribution in [0.15, 0.2) is 54.1 Å². The highest BCUT2D eigenvalue weighted by Crippen LogP contribution is 2.22. The second-order valence-corrected chi connectivity index (χ2v) is 8.19. The standard InChI is InChI=1S/C22H26N6OS/c1-2-18-7-3-4-8-19(18)28-16-25-26-22(28)30-15-21(29)24-14-17-9-10-23-20(13-17)27-11-5-6-12-27/h3-4,7-10,13,16H,2,5-6,11-12,14-15H2,1H3,(H,24,29). The zero-order valence-corrected chi connectivity index (χ0v) is 17.9. The number of amides is 1. The summed E-state index contributed by atoms with van der Waals surface area (Å²) in [6.45, 7) is 4.73. The number of thioether (sulfide) groups is 1. The van der Waals surface area contributed by atoms with Crippen LogP contribution in [0, 0.1) is 0 Å². The van der Waals surface area contributed by atoms with Crippen LogP contribution in [-0.2, 0) is 17.8 Å². The Labute approximate surface area is 180 Å². The highest BCUT2D eigenvalue weighted by molar-refractivity contribution is 7.99. The quantitative estimate of drug-likeness (QED) is 0.562. The number of carbonyl (C=O) groups is 1. The summed E-state index contributed by atoms with van der Waals surface area (Å²) in [4.78, 5) is 19.2. The molecule has 3 aromatic rings. The Hall–Kier alpha value is -2.87. The van der Waals surface area contributed by atoms with Gasteiger partial charge in [-0.2, -0.15) is 0 Å². The first-order valence-corrected chi connectivity index (χ1v) is 11.3. The molecular formula is C22H26N6OS. The van der Waals surface area contributed by atoms with E-state index in [0.29, 0.717) is 11.7 Å². The monoisotopic (exact) mass is 422 g/mol. The minimum atomic E-state index is -0.0298. The van der Waals surface area contributed by atoms with Gasteiger partial charge in [-0.15, -0.1) is 10.2 Å². The lowest BCUT2D eigenvalue weighted by atomic mass is 10.1. The maximum atomic E-state index is 12.4. The van der Waals surface area contributed by atoms with Crippen molar-refractivity contribution in [3.8, 4) is 5.69 Å². The van der Waals surface area contributed by atoms with Crippen molar-refractivity contribution in [1.29, 1.82) is 0 Å². The van der Waals surface area contributed by atoms with Gasteiger partial charge in [-0.05, 0) is 48.6 Å². The fraction of sp³-hybridized carbons (Fsp3) is 0.364. The smallest absolute Gasteiger partial charge is 0.230 e. The summed E-state index contributed by atoms with van der Waals surface area (Å²) >= 11 is 1.39. The molecule has 8 heteroatoms. The van der Waals surface area contributed by atoms with Crippen molar-refractivity contribution in [2.75, 3.05) is 23.7 Å². The predicted octanol–water partition coefficient (Wildman–Crippen LogP) is 3.23. The zero-order valence-electron chi connectivity index (χ0n) is 17.1. The third kappa shape index (κ3) is 4.81. The van der Waals surface area contributed by atoms with Crippen molar-refractivity contribution < 1.29 is 4.79 Å². The number of nitrogens with zero attached hydrogens (tertiary/aromatic N) is 5. The van der Waals surface area contributed by atoms with Crippen LogP contribution in [0.5, 0.6) is 0 Å². The second-order valence-electron chi connectivity index (χ2n) is 7.25. The Morgan fingerprint density at radius 3 is 2.87 bits per heavy atom. The van der Waals surface area contributed by atoms with Crippen molar-refractivity contribution in [2.24, 2.45) is 0 Å². The Morgan fingerprint density at radius 2 is 2.03 bits per heavy atom. The molecular weight excluding hydrogens is 396 g/mol. The van der Waals surface area contributed by atoms with E-state index in [2.05, 4.69) is 44.5 Å². The number of aromatic nitrogens is 4. The van der Waals surface area contributed by atoms with Crippen molar-refractivity contribution in [3.63, 3.8) is 0 Å². The molecule has 1 amide bonds. The van der Waals surface area contributed by atoms with Gasteiger partial charge < -0.3 is 10.2 Å². The van der Waals surface area contributed by atoms with Gasteiger partial charge in [0.2, 0.25) is 5.91 Å². The van der Waals surface area contributed by atoms with Crippen molar-refractivity contribution in [3.05, 3.63) is 60.0 Å². The molecule has 1 N–H and O–H groups in total. The lowest BCUT2D eigenvalue weighted by Crippen LogP contribution is -2.25. The molecule has 0 saturated carbocycles. The molecule has 4 rings (SSSR count). The molecule has 0 radical (unpaired) electrons. The lowest BCUT2D eigenvalue weighted by Gasteiger charge is -2.17. The molecule has 0 bridgehead atoms. The topological polar surface area (TPSA) is 75.9 Å². The van der Waals surface area contributed by atoms with Crippen LogP contribution < -0.4 is 10.2 Å².